The minimum atomic E-state index is 0.0287. The molecule has 0 aromatic heterocycles. The average Bonchev–Trinajstić information content (AvgIpc) is 2.56. The van der Waals surface area contributed by atoms with E-state index >= 15 is 0 Å². The van der Waals surface area contributed by atoms with Crippen LogP contribution in [-0.4, -0.2) is 68.8 Å². The van der Waals surface area contributed by atoms with Crippen molar-refractivity contribution in [1.82, 2.24) is 15.1 Å². The van der Waals surface area contributed by atoms with Crippen LogP contribution in [0, 0.1) is 0 Å². The predicted octanol–water partition coefficient (Wildman–Crippen LogP) is 1.59. The molecular formula is C17H27N3O2. The standard InChI is InChI=1S/C17H27N3O2/c1-22-15-9-18-17(21)20-13-11-19(12-14-20)10-5-8-16-6-3-2-4-7-16/h2-4,6-7H,5,8-15H2,1H3,(H,18,21). The summed E-state index contributed by atoms with van der Waals surface area (Å²) >= 11 is 0. The maximum atomic E-state index is 11.9. The first-order valence-electron chi connectivity index (χ1n) is 8.07. The van der Waals surface area contributed by atoms with Gasteiger partial charge >= 0.3 is 6.03 Å². The second-order valence-corrected chi connectivity index (χ2v) is 5.64. The number of carbonyl (C=O) groups excluding carboxylic acids is 1. The Morgan fingerprint density at radius 1 is 1.18 bits per heavy atom. The molecule has 22 heavy (non-hydrogen) atoms. The summed E-state index contributed by atoms with van der Waals surface area (Å²) in [5.74, 6) is 0. The third-order valence-electron chi connectivity index (χ3n) is 4.02. The number of hydrogen-bond donors (Lipinski definition) is 1. The zero-order chi connectivity index (χ0) is 15.6. The van der Waals surface area contributed by atoms with Gasteiger partial charge in [0.15, 0.2) is 0 Å². The van der Waals surface area contributed by atoms with Crippen LogP contribution in [0.5, 0.6) is 0 Å². The number of ether oxygens (including phenoxy) is 1. The first-order chi connectivity index (χ1) is 10.8. The van der Waals surface area contributed by atoms with Crippen molar-refractivity contribution in [1.29, 1.82) is 0 Å². The van der Waals surface area contributed by atoms with E-state index in [2.05, 4.69) is 40.5 Å². The summed E-state index contributed by atoms with van der Waals surface area (Å²) in [6, 6.07) is 10.6. The van der Waals surface area contributed by atoms with E-state index in [4.69, 9.17) is 4.74 Å². The fraction of sp³-hybridized carbons (Fsp3) is 0.588. The van der Waals surface area contributed by atoms with E-state index in [1.807, 2.05) is 4.90 Å². The summed E-state index contributed by atoms with van der Waals surface area (Å²) < 4.78 is 4.94. The third-order valence-corrected chi connectivity index (χ3v) is 4.02. The number of rotatable bonds is 7. The molecule has 1 aliphatic rings. The van der Waals surface area contributed by atoms with Crippen molar-refractivity contribution in [3.05, 3.63) is 35.9 Å². The van der Waals surface area contributed by atoms with Gasteiger partial charge in [-0.15, -0.1) is 0 Å². The number of urea groups is 1. The molecule has 5 heteroatoms. The van der Waals surface area contributed by atoms with Crippen molar-refractivity contribution in [2.75, 3.05) is 53.0 Å². The highest BCUT2D eigenvalue weighted by Crippen LogP contribution is 2.06. The van der Waals surface area contributed by atoms with Gasteiger partial charge in [0.05, 0.1) is 6.61 Å². The van der Waals surface area contributed by atoms with Gasteiger partial charge < -0.3 is 15.0 Å². The quantitative estimate of drug-likeness (QED) is 0.778. The fourth-order valence-electron chi connectivity index (χ4n) is 2.70. The van der Waals surface area contributed by atoms with Crippen LogP contribution in [0.2, 0.25) is 0 Å². The maximum Gasteiger partial charge on any atom is 0.317 e. The van der Waals surface area contributed by atoms with Gasteiger partial charge in [-0.3, -0.25) is 4.90 Å². The number of aryl methyl sites for hydroxylation is 1. The molecule has 1 aliphatic heterocycles. The molecule has 1 N–H and O–H groups in total. The maximum absolute atomic E-state index is 11.9. The Morgan fingerprint density at radius 3 is 2.59 bits per heavy atom. The Kier molecular flexibility index (Phi) is 7.19. The van der Waals surface area contributed by atoms with E-state index in [1.165, 1.54) is 12.0 Å². The summed E-state index contributed by atoms with van der Waals surface area (Å²) in [6.07, 6.45) is 2.29. The Balaban J connectivity index is 1.59. The van der Waals surface area contributed by atoms with Crippen LogP contribution >= 0.6 is 0 Å². The smallest absolute Gasteiger partial charge is 0.317 e. The lowest BCUT2D eigenvalue weighted by Gasteiger charge is -2.34. The number of benzene rings is 1. The summed E-state index contributed by atoms with van der Waals surface area (Å²) in [7, 11) is 1.64. The van der Waals surface area contributed by atoms with Crippen molar-refractivity contribution in [2.24, 2.45) is 0 Å². The van der Waals surface area contributed by atoms with Crippen LogP contribution in [0.3, 0.4) is 0 Å². The van der Waals surface area contributed by atoms with Crippen molar-refractivity contribution >= 4 is 6.03 Å². The molecule has 1 aromatic carbocycles. The molecule has 122 valence electrons. The predicted molar refractivity (Wildman–Crippen MR) is 88.1 cm³/mol. The number of nitrogens with zero attached hydrogens (tertiary/aromatic N) is 2. The number of amides is 2. The Morgan fingerprint density at radius 2 is 1.91 bits per heavy atom. The lowest BCUT2D eigenvalue weighted by atomic mass is 10.1. The summed E-state index contributed by atoms with van der Waals surface area (Å²) in [5, 5.41) is 2.88. The van der Waals surface area contributed by atoms with Crippen LogP contribution in [0.1, 0.15) is 12.0 Å². The Hall–Kier alpha value is -1.59. The summed E-state index contributed by atoms with van der Waals surface area (Å²) in [4.78, 5) is 16.3. The SMILES string of the molecule is COCCNC(=O)N1CCN(CCCc2ccccc2)CC1. The number of carbonyl (C=O) groups is 1. The van der Waals surface area contributed by atoms with Gasteiger partial charge in [-0.2, -0.15) is 0 Å². The van der Waals surface area contributed by atoms with Crippen LogP contribution in [-0.2, 0) is 11.2 Å². The molecule has 0 atom stereocenters. The Bertz CT molecular complexity index is 431. The van der Waals surface area contributed by atoms with Gasteiger partial charge in [-0.25, -0.2) is 4.79 Å². The van der Waals surface area contributed by atoms with Crippen molar-refractivity contribution in [2.45, 2.75) is 12.8 Å². The van der Waals surface area contributed by atoms with Crippen LogP contribution in [0.15, 0.2) is 30.3 Å². The van der Waals surface area contributed by atoms with E-state index in [9.17, 15) is 4.79 Å². The van der Waals surface area contributed by atoms with Gasteiger partial charge in [0, 0.05) is 39.8 Å². The zero-order valence-corrected chi connectivity index (χ0v) is 13.5. The van der Waals surface area contributed by atoms with E-state index in [1.54, 1.807) is 7.11 Å². The highest BCUT2D eigenvalue weighted by molar-refractivity contribution is 5.74. The average molecular weight is 305 g/mol. The van der Waals surface area contributed by atoms with Crippen LogP contribution < -0.4 is 5.32 Å². The molecule has 2 rings (SSSR count). The largest absolute Gasteiger partial charge is 0.383 e. The monoisotopic (exact) mass is 305 g/mol. The highest BCUT2D eigenvalue weighted by atomic mass is 16.5. The molecule has 1 heterocycles. The van der Waals surface area contributed by atoms with Gasteiger partial charge in [0.1, 0.15) is 0 Å². The molecule has 1 fully saturated rings. The second kappa shape index (κ2) is 9.43. The van der Waals surface area contributed by atoms with Crippen molar-refractivity contribution in [3.63, 3.8) is 0 Å². The van der Waals surface area contributed by atoms with E-state index in [0.717, 1.165) is 39.1 Å². The van der Waals surface area contributed by atoms with Crippen LogP contribution in [0.25, 0.3) is 0 Å². The van der Waals surface area contributed by atoms with Crippen molar-refractivity contribution < 1.29 is 9.53 Å². The van der Waals surface area contributed by atoms with Gasteiger partial charge in [-0.05, 0) is 24.9 Å². The van der Waals surface area contributed by atoms with Gasteiger partial charge in [0.2, 0.25) is 0 Å². The number of hydrogen-bond acceptors (Lipinski definition) is 3. The molecular weight excluding hydrogens is 278 g/mol. The van der Waals surface area contributed by atoms with Crippen LogP contribution in [0.4, 0.5) is 4.79 Å². The molecule has 1 saturated heterocycles. The van der Waals surface area contributed by atoms with Crippen molar-refractivity contribution in [3.8, 4) is 0 Å². The number of methoxy groups -OCH3 is 1. The lowest BCUT2D eigenvalue weighted by molar-refractivity contribution is 0.135. The minimum absolute atomic E-state index is 0.0287. The topological polar surface area (TPSA) is 44.8 Å². The summed E-state index contributed by atoms with van der Waals surface area (Å²) in [5.41, 5.74) is 1.40. The van der Waals surface area contributed by atoms with E-state index in [-0.39, 0.29) is 6.03 Å². The van der Waals surface area contributed by atoms with E-state index < -0.39 is 0 Å². The van der Waals surface area contributed by atoms with Gasteiger partial charge in [0.25, 0.3) is 0 Å². The minimum Gasteiger partial charge on any atom is -0.383 e. The molecule has 2 amide bonds. The molecule has 0 radical (unpaired) electrons. The molecule has 0 aliphatic carbocycles. The molecule has 0 bridgehead atoms. The zero-order valence-electron chi connectivity index (χ0n) is 13.5. The Labute approximate surface area is 133 Å². The molecule has 0 unspecified atom stereocenters. The lowest BCUT2D eigenvalue weighted by Crippen LogP contribution is -2.52. The highest BCUT2D eigenvalue weighted by Gasteiger charge is 2.20. The molecule has 0 spiro atoms. The number of piperazine rings is 1. The summed E-state index contributed by atoms with van der Waals surface area (Å²) in [6.45, 7) is 5.79. The first kappa shape index (κ1) is 16.8. The first-order valence-corrected chi connectivity index (χ1v) is 8.07. The fourth-order valence-corrected chi connectivity index (χ4v) is 2.70. The van der Waals surface area contributed by atoms with Gasteiger partial charge in [-0.1, -0.05) is 30.3 Å². The molecule has 0 saturated carbocycles. The molecule has 1 aromatic rings. The normalized spacial score (nSPS) is 15.8. The van der Waals surface area contributed by atoms with E-state index in [0.29, 0.717) is 13.2 Å². The third kappa shape index (κ3) is 5.66. The number of nitrogens with one attached hydrogen (secondary N) is 1. The second-order valence-electron chi connectivity index (χ2n) is 5.64. The molecule has 5 nitrogen and oxygen atoms in total.